The summed E-state index contributed by atoms with van der Waals surface area (Å²) < 4.78 is 5.69. The number of aryl methyl sites for hydroxylation is 1. The molecule has 1 aromatic heterocycles. The standard InChI is InChI=1S/C14H18N2OS/c1-3-15-9-13-11(2)16-14(18-13)10-17-12-7-5-4-6-8-12/h4-8,15H,3,9-10H2,1-2H3. The Hall–Kier alpha value is -1.39. The van der Waals surface area contributed by atoms with Crippen molar-refractivity contribution in [3.8, 4) is 5.75 Å². The fraction of sp³-hybridized carbons (Fsp3) is 0.357. The van der Waals surface area contributed by atoms with Crippen LogP contribution in [0.1, 0.15) is 22.5 Å². The number of benzene rings is 1. The number of hydrogen-bond acceptors (Lipinski definition) is 4. The molecule has 0 fully saturated rings. The van der Waals surface area contributed by atoms with Crippen LogP contribution in [0, 0.1) is 6.92 Å². The first kappa shape index (κ1) is 13.1. The van der Waals surface area contributed by atoms with E-state index in [2.05, 4.69) is 24.1 Å². The largest absolute Gasteiger partial charge is 0.486 e. The van der Waals surface area contributed by atoms with Crippen LogP contribution in [0.5, 0.6) is 5.75 Å². The van der Waals surface area contributed by atoms with Crippen LogP contribution in [-0.4, -0.2) is 11.5 Å². The fourth-order valence-corrected chi connectivity index (χ4v) is 2.57. The van der Waals surface area contributed by atoms with Crippen molar-refractivity contribution in [2.24, 2.45) is 0 Å². The summed E-state index contributed by atoms with van der Waals surface area (Å²) in [5, 5.41) is 4.35. The molecule has 0 saturated heterocycles. The Morgan fingerprint density at radius 3 is 2.78 bits per heavy atom. The Balaban J connectivity index is 1.94. The highest BCUT2D eigenvalue weighted by molar-refractivity contribution is 7.11. The molecule has 0 saturated carbocycles. The Morgan fingerprint density at radius 1 is 1.28 bits per heavy atom. The summed E-state index contributed by atoms with van der Waals surface area (Å²) in [6, 6.07) is 9.84. The lowest BCUT2D eigenvalue weighted by atomic mass is 10.3. The number of rotatable bonds is 6. The van der Waals surface area contributed by atoms with Crippen molar-refractivity contribution in [2.45, 2.75) is 27.0 Å². The van der Waals surface area contributed by atoms with E-state index in [1.54, 1.807) is 11.3 Å². The van der Waals surface area contributed by atoms with Crippen LogP contribution in [-0.2, 0) is 13.2 Å². The maximum Gasteiger partial charge on any atom is 0.140 e. The summed E-state index contributed by atoms with van der Waals surface area (Å²) in [6.07, 6.45) is 0. The molecule has 0 aliphatic heterocycles. The average molecular weight is 262 g/mol. The predicted octanol–water partition coefficient (Wildman–Crippen LogP) is 3.14. The third-order valence-corrected chi connectivity index (χ3v) is 3.71. The number of para-hydroxylation sites is 1. The molecule has 2 rings (SSSR count). The maximum absolute atomic E-state index is 5.69. The van der Waals surface area contributed by atoms with Crippen LogP contribution in [0.2, 0.25) is 0 Å². The number of aromatic nitrogens is 1. The molecule has 1 aromatic carbocycles. The van der Waals surface area contributed by atoms with Gasteiger partial charge in [-0.25, -0.2) is 4.98 Å². The number of ether oxygens (including phenoxy) is 1. The van der Waals surface area contributed by atoms with Gasteiger partial charge in [-0.2, -0.15) is 0 Å². The zero-order chi connectivity index (χ0) is 12.8. The van der Waals surface area contributed by atoms with Gasteiger partial charge in [0.2, 0.25) is 0 Å². The van der Waals surface area contributed by atoms with E-state index in [1.807, 2.05) is 30.3 Å². The van der Waals surface area contributed by atoms with Crippen molar-refractivity contribution >= 4 is 11.3 Å². The molecule has 0 unspecified atom stereocenters. The summed E-state index contributed by atoms with van der Waals surface area (Å²) in [6.45, 7) is 6.57. The van der Waals surface area contributed by atoms with Gasteiger partial charge in [0.15, 0.2) is 0 Å². The minimum atomic E-state index is 0.543. The summed E-state index contributed by atoms with van der Waals surface area (Å²) in [7, 11) is 0. The predicted molar refractivity (Wildman–Crippen MR) is 75.0 cm³/mol. The van der Waals surface area contributed by atoms with Gasteiger partial charge in [0.05, 0.1) is 5.69 Å². The van der Waals surface area contributed by atoms with E-state index in [0.717, 1.165) is 29.5 Å². The highest BCUT2D eigenvalue weighted by Crippen LogP contribution is 2.20. The van der Waals surface area contributed by atoms with E-state index in [0.29, 0.717) is 6.61 Å². The Labute approximate surface area is 112 Å². The summed E-state index contributed by atoms with van der Waals surface area (Å²) in [5.41, 5.74) is 1.10. The van der Waals surface area contributed by atoms with Crippen molar-refractivity contribution in [1.29, 1.82) is 0 Å². The Kier molecular flexibility index (Phi) is 4.73. The number of nitrogens with one attached hydrogen (secondary N) is 1. The molecular weight excluding hydrogens is 244 g/mol. The molecule has 1 heterocycles. The van der Waals surface area contributed by atoms with Crippen molar-refractivity contribution in [3.05, 3.63) is 45.9 Å². The van der Waals surface area contributed by atoms with E-state index in [9.17, 15) is 0 Å². The third kappa shape index (κ3) is 3.55. The second kappa shape index (κ2) is 6.52. The molecule has 96 valence electrons. The monoisotopic (exact) mass is 262 g/mol. The molecule has 0 atom stereocenters. The van der Waals surface area contributed by atoms with Crippen molar-refractivity contribution in [3.63, 3.8) is 0 Å². The van der Waals surface area contributed by atoms with Crippen LogP contribution in [0.15, 0.2) is 30.3 Å². The Bertz CT molecular complexity index is 482. The first-order valence-corrected chi connectivity index (χ1v) is 6.95. The summed E-state index contributed by atoms with van der Waals surface area (Å²) in [4.78, 5) is 5.83. The molecule has 4 heteroatoms. The first-order valence-electron chi connectivity index (χ1n) is 6.13. The van der Waals surface area contributed by atoms with E-state index in [4.69, 9.17) is 4.74 Å². The topological polar surface area (TPSA) is 34.1 Å². The van der Waals surface area contributed by atoms with Gasteiger partial charge in [0, 0.05) is 11.4 Å². The molecule has 0 spiro atoms. The number of nitrogens with zero attached hydrogens (tertiary/aromatic N) is 1. The average Bonchev–Trinajstić information content (AvgIpc) is 2.76. The highest BCUT2D eigenvalue weighted by Gasteiger charge is 2.07. The van der Waals surface area contributed by atoms with E-state index >= 15 is 0 Å². The van der Waals surface area contributed by atoms with Gasteiger partial charge in [0.1, 0.15) is 17.4 Å². The fourth-order valence-electron chi connectivity index (χ4n) is 1.61. The highest BCUT2D eigenvalue weighted by atomic mass is 32.1. The van der Waals surface area contributed by atoms with E-state index < -0.39 is 0 Å². The molecule has 0 aliphatic rings. The minimum Gasteiger partial charge on any atom is -0.486 e. The van der Waals surface area contributed by atoms with Gasteiger partial charge in [-0.3, -0.25) is 0 Å². The van der Waals surface area contributed by atoms with E-state index in [1.165, 1.54) is 4.88 Å². The van der Waals surface area contributed by atoms with Gasteiger partial charge in [-0.05, 0) is 25.6 Å². The zero-order valence-electron chi connectivity index (χ0n) is 10.8. The lowest BCUT2D eigenvalue weighted by Crippen LogP contribution is -2.11. The lowest BCUT2D eigenvalue weighted by Gasteiger charge is -2.02. The van der Waals surface area contributed by atoms with Crippen LogP contribution in [0.3, 0.4) is 0 Å². The van der Waals surface area contributed by atoms with Gasteiger partial charge >= 0.3 is 0 Å². The molecule has 0 bridgehead atoms. The number of hydrogen-bond donors (Lipinski definition) is 1. The molecular formula is C14H18N2OS. The van der Waals surface area contributed by atoms with Crippen LogP contribution >= 0.6 is 11.3 Å². The summed E-state index contributed by atoms with van der Waals surface area (Å²) >= 11 is 1.72. The molecule has 18 heavy (non-hydrogen) atoms. The molecule has 2 aromatic rings. The normalized spacial score (nSPS) is 10.6. The summed E-state index contributed by atoms with van der Waals surface area (Å²) in [5.74, 6) is 0.888. The third-order valence-electron chi connectivity index (χ3n) is 2.58. The molecule has 0 radical (unpaired) electrons. The van der Waals surface area contributed by atoms with Crippen LogP contribution in [0.25, 0.3) is 0 Å². The molecule has 0 aliphatic carbocycles. The SMILES string of the molecule is CCNCc1sc(COc2ccccc2)nc1C. The first-order chi connectivity index (χ1) is 8.79. The lowest BCUT2D eigenvalue weighted by molar-refractivity contribution is 0.305. The Morgan fingerprint density at radius 2 is 2.06 bits per heavy atom. The smallest absolute Gasteiger partial charge is 0.140 e. The molecule has 3 nitrogen and oxygen atoms in total. The number of thiazole rings is 1. The van der Waals surface area contributed by atoms with Gasteiger partial charge in [-0.1, -0.05) is 25.1 Å². The zero-order valence-corrected chi connectivity index (χ0v) is 11.6. The van der Waals surface area contributed by atoms with E-state index in [-0.39, 0.29) is 0 Å². The molecule has 0 amide bonds. The maximum atomic E-state index is 5.69. The van der Waals surface area contributed by atoms with Gasteiger partial charge in [0.25, 0.3) is 0 Å². The second-order valence-electron chi connectivity index (χ2n) is 4.00. The van der Waals surface area contributed by atoms with Crippen molar-refractivity contribution < 1.29 is 4.74 Å². The molecule has 1 N–H and O–H groups in total. The van der Waals surface area contributed by atoms with Crippen LogP contribution < -0.4 is 10.1 Å². The van der Waals surface area contributed by atoms with Crippen molar-refractivity contribution in [2.75, 3.05) is 6.54 Å². The van der Waals surface area contributed by atoms with Crippen LogP contribution in [0.4, 0.5) is 0 Å². The second-order valence-corrected chi connectivity index (χ2v) is 5.17. The quantitative estimate of drug-likeness (QED) is 0.868. The minimum absolute atomic E-state index is 0.543. The van der Waals surface area contributed by atoms with Gasteiger partial charge in [-0.15, -0.1) is 11.3 Å². The van der Waals surface area contributed by atoms with Gasteiger partial charge < -0.3 is 10.1 Å². The van der Waals surface area contributed by atoms with Crippen molar-refractivity contribution in [1.82, 2.24) is 10.3 Å².